The Balaban J connectivity index is 1.65. The van der Waals surface area contributed by atoms with Crippen LogP contribution in [-0.4, -0.2) is 60.5 Å². The molecule has 2 aliphatic rings. The van der Waals surface area contributed by atoms with Gasteiger partial charge in [0.25, 0.3) is 11.8 Å². The zero-order valence-electron chi connectivity index (χ0n) is 13.9. The molecule has 0 saturated carbocycles. The summed E-state index contributed by atoms with van der Waals surface area (Å²) in [6, 6.07) is 3.78. The zero-order valence-corrected chi connectivity index (χ0v) is 14.8. The van der Waals surface area contributed by atoms with Gasteiger partial charge in [0, 0.05) is 33.1 Å². The van der Waals surface area contributed by atoms with E-state index in [0.29, 0.717) is 13.1 Å². The molecule has 3 heterocycles. The van der Waals surface area contributed by atoms with Crippen LogP contribution >= 0.6 is 11.3 Å². The van der Waals surface area contributed by atoms with Crippen LogP contribution in [0.4, 0.5) is 0 Å². The van der Waals surface area contributed by atoms with Gasteiger partial charge in [0.05, 0.1) is 10.5 Å². The van der Waals surface area contributed by atoms with E-state index in [1.54, 1.807) is 19.0 Å². The number of ether oxygens (including phenoxy) is 1. The van der Waals surface area contributed by atoms with E-state index >= 15 is 0 Å². The van der Waals surface area contributed by atoms with Crippen molar-refractivity contribution in [1.82, 2.24) is 9.80 Å². The van der Waals surface area contributed by atoms with E-state index in [-0.39, 0.29) is 29.4 Å². The quantitative estimate of drug-likeness (QED) is 0.832. The second-order valence-corrected chi connectivity index (χ2v) is 7.77. The molecule has 2 amide bonds. The van der Waals surface area contributed by atoms with Gasteiger partial charge in [0.2, 0.25) is 0 Å². The first-order valence-corrected chi connectivity index (χ1v) is 9.03. The Morgan fingerprint density at radius 1 is 1.39 bits per heavy atom. The first-order valence-electron chi connectivity index (χ1n) is 8.15. The van der Waals surface area contributed by atoms with Crippen molar-refractivity contribution in [1.29, 1.82) is 0 Å². The molecule has 2 saturated heterocycles. The molecular weight excluding hydrogens is 312 g/mol. The fourth-order valence-corrected chi connectivity index (χ4v) is 4.38. The molecular formula is C17H24N2O3S. The fourth-order valence-electron chi connectivity index (χ4n) is 3.68. The largest absolute Gasteiger partial charge is 0.362 e. The third-order valence-corrected chi connectivity index (χ3v) is 6.00. The number of likely N-dealkylation sites (tertiary alicyclic amines) is 1. The van der Waals surface area contributed by atoms with Gasteiger partial charge in [-0.25, -0.2) is 0 Å². The van der Waals surface area contributed by atoms with Crippen molar-refractivity contribution in [2.45, 2.75) is 37.9 Å². The van der Waals surface area contributed by atoms with Gasteiger partial charge in [0.1, 0.15) is 6.10 Å². The number of amides is 2. The van der Waals surface area contributed by atoms with Crippen LogP contribution < -0.4 is 0 Å². The Bertz CT molecular complexity index is 587. The minimum absolute atomic E-state index is 0.0474. The zero-order chi connectivity index (χ0) is 16.6. The Hall–Kier alpha value is -1.40. The highest BCUT2D eigenvalue weighted by Gasteiger charge is 2.49. The molecule has 0 aliphatic carbocycles. The molecule has 1 aromatic rings. The number of hydrogen-bond acceptors (Lipinski definition) is 4. The summed E-state index contributed by atoms with van der Waals surface area (Å²) in [5.74, 6) is 0.395. The lowest BCUT2D eigenvalue weighted by Crippen LogP contribution is -2.53. The molecule has 3 atom stereocenters. The molecule has 0 unspecified atom stereocenters. The first kappa shape index (κ1) is 16.5. The van der Waals surface area contributed by atoms with Gasteiger partial charge in [-0.3, -0.25) is 9.59 Å². The van der Waals surface area contributed by atoms with Crippen LogP contribution in [0.1, 0.15) is 35.9 Å². The lowest BCUT2D eigenvalue weighted by molar-refractivity contribution is -0.153. The first-order chi connectivity index (χ1) is 10.9. The molecule has 126 valence electrons. The smallest absolute Gasteiger partial charge is 0.263 e. The van der Waals surface area contributed by atoms with Crippen molar-refractivity contribution in [3.8, 4) is 0 Å². The van der Waals surface area contributed by atoms with Crippen LogP contribution in [0.5, 0.6) is 0 Å². The molecule has 23 heavy (non-hydrogen) atoms. The number of thiophene rings is 1. The molecule has 6 heteroatoms. The maximum Gasteiger partial charge on any atom is 0.263 e. The summed E-state index contributed by atoms with van der Waals surface area (Å²) in [5, 5.41) is 1.93. The summed E-state index contributed by atoms with van der Waals surface area (Å²) >= 11 is 1.48. The highest BCUT2D eigenvalue weighted by atomic mass is 32.1. The van der Waals surface area contributed by atoms with Crippen molar-refractivity contribution < 1.29 is 14.3 Å². The van der Waals surface area contributed by atoms with Gasteiger partial charge in [0.15, 0.2) is 0 Å². The van der Waals surface area contributed by atoms with Crippen LogP contribution in [0.2, 0.25) is 0 Å². The molecule has 2 aliphatic heterocycles. The van der Waals surface area contributed by atoms with Crippen LogP contribution in [0, 0.1) is 5.92 Å². The molecule has 5 nitrogen and oxygen atoms in total. The van der Waals surface area contributed by atoms with Gasteiger partial charge in [-0.2, -0.15) is 0 Å². The molecule has 0 aromatic carbocycles. The second-order valence-electron chi connectivity index (χ2n) is 6.82. The summed E-state index contributed by atoms with van der Waals surface area (Å²) in [5.41, 5.74) is -0.247. The predicted molar refractivity (Wildman–Crippen MR) is 89.5 cm³/mol. The average Bonchev–Trinajstić information content (AvgIpc) is 3.19. The number of hydrogen-bond donors (Lipinski definition) is 0. The molecule has 0 radical (unpaired) electrons. The average molecular weight is 336 g/mol. The molecule has 1 aromatic heterocycles. The number of carbonyl (C=O) groups excluding carboxylic acids is 2. The number of piperidine rings is 1. The Kier molecular flexibility index (Phi) is 4.47. The number of carbonyl (C=O) groups is 2. The summed E-state index contributed by atoms with van der Waals surface area (Å²) in [6.45, 7) is 3.53. The maximum atomic E-state index is 12.5. The fraction of sp³-hybridized carbons (Fsp3) is 0.647. The minimum atomic E-state index is -0.327. The number of rotatable bonds is 2. The van der Waals surface area contributed by atoms with E-state index < -0.39 is 0 Å². The molecule has 0 N–H and O–H groups in total. The van der Waals surface area contributed by atoms with E-state index in [0.717, 1.165) is 24.1 Å². The summed E-state index contributed by atoms with van der Waals surface area (Å²) in [4.78, 5) is 29.0. The normalized spacial score (nSPS) is 30.7. The van der Waals surface area contributed by atoms with E-state index in [1.165, 1.54) is 11.3 Å². The highest BCUT2D eigenvalue weighted by Crippen LogP contribution is 2.42. The van der Waals surface area contributed by atoms with Crippen molar-refractivity contribution in [2.75, 3.05) is 27.2 Å². The highest BCUT2D eigenvalue weighted by molar-refractivity contribution is 7.12. The third-order valence-electron chi connectivity index (χ3n) is 5.14. The van der Waals surface area contributed by atoms with Crippen LogP contribution in [-0.2, 0) is 9.53 Å². The molecule has 1 spiro atoms. The van der Waals surface area contributed by atoms with Crippen molar-refractivity contribution in [3.63, 3.8) is 0 Å². The third kappa shape index (κ3) is 3.02. The lowest BCUT2D eigenvalue weighted by Gasteiger charge is -2.44. The van der Waals surface area contributed by atoms with Crippen LogP contribution in [0.15, 0.2) is 17.5 Å². The Morgan fingerprint density at radius 3 is 2.78 bits per heavy atom. The molecule has 3 rings (SSSR count). The lowest BCUT2D eigenvalue weighted by atomic mass is 9.80. The number of nitrogens with zero attached hydrogens (tertiary/aromatic N) is 2. The standard InChI is InChI=1S/C17H24N2O3S/c1-12-11-19(16(21)14-5-4-10-23-14)9-8-17(12)7-6-13(22-17)15(20)18(2)3/h4-5,10,12-13H,6-9,11H2,1-3H3/t12-,13-,17+/m1/s1. The maximum absolute atomic E-state index is 12.5. The van der Waals surface area contributed by atoms with Crippen molar-refractivity contribution in [3.05, 3.63) is 22.4 Å². The summed E-state index contributed by atoms with van der Waals surface area (Å²) < 4.78 is 6.22. The summed E-state index contributed by atoms with van der Waals surface area (Å²) in [7, 11) is 3.53. The molecule has 2 fully saturated rings. The van der Waals surface area contributed by atoms with Crippen molar-refractivity contribution in [2.24, 2.45) is 5.92 Å². The topological polar surface area (TPSA) is 49.9 Å². The van der Waals surface area contributed by atoms with E-state index in [9.17, 15) is 9.59 Å². The van der Waals surface area contributed by atoms with E-state index in [2.05, 4.69) is 6.92 Å². The van der Waals surface area contributed by atoms with Crippen molar-refractivity contribution >= 4 is 23.2 Å². The van der Waals surface area contributed by atoms with Gasteiger partial charge in [-0.15, -0.1) is 11.3 Å². The summed E-state index contributed by atoms with van der Waals surface area (Å²) in [6.07, 6.45) is 2.16. The number of likely N-dealkylation sites (N-methyl/N-ethyl adjacent to an activating group) is 1. The van der Waals surface area contributed by atoms with Crippen LogP contribution in [0.3, 0.4) is 0 Å². The predicted octanol–water partition coefficient (Wildman–Crippen LogP) is 2.24. The second kappa shape index (κ2) is 6.24. The van der Waals surface area contributed by atoms with Gasteiger partial charge >= 0.3 is 0 Å². The molecule has 0 bridgehead atoms. The monoisotopic (exact) mass is 336 g/mol. The Labute approximate surface area is 141 Å². The van der Waals surface area contributed by atoms with E-state index in [4.69, 9.17) is 4.74 Å². The van der Waals surface area contributed by atoms with Gasteiger partial charge < -0.3 is 14.5 Å². The Morgan fingerprint density at radius 2 is 2.17 bits per heavy atom. The van der Waals surface area contributed by atoms with Gasteiger partial charge in [-0.1, -0.05) is 13.0 Å². The van der Waals surface area contributed by atoms with Crippen LogP contribution in [0.25, 0.3) is 0 Å². The van der Waals surface area contributed by atoms with E-state index in [1.807, 2.05) is 22.4 Å². The SMILES string of the molecule is C[C@@H]1CN(C(=O)c2cccs2)CC[C@@]12CC[C@H](C(=O)N(C)C)O2. The van der Waals surface area contributed by atoms with Gasteiger partial charge in [-0.05, 0) is 30.7 Å². The minimum Gasteiger partial charge on any atom is -0.362 e.